The third kappa shape index (κ3) is 3.21. The highest BCUT2D eigenvalue weighted by Crippen LogP contribution is 2.28. The molecule has 1 unspecified atom stereocenters. The third-order valence-corrected chi connectivity index (χ3v) is 3.18. The summed E-state index contributed by atoms with van der Waals surface area (Å²) in [6.07, 6.45) is -0.450. The van der Waals surface area contributed by atoms with E-state index < -0.39 is 11.9 Å². The summed E-state index contributed by atoms with van der Waals surface area (Å²) >= 11 is 5.72. The predicted molar refractivity (Wildman–Crippen MR) is 76.8 cm³/mol. The number of halogens is 2. The van der Waals surface area contributed by atoms with Gasteiger partial charge < -0.3 is 15.2 Å². The minimum Gasteiger partial charge on any atom is -0.497 e. The average Bonchev–Trinajstić information content (AvgIpc) is 2.49. The summed E-state index contributed by atoms with van der Waals surface area (Å²) in [7, 11) is 1.59. The fourth-order valence-corrected chi connectivity index (χ4v) is 1.96. The number of hydrogen-bond acceptors (Lipinski definition) is 3. The number of benzene rings is 2. The van der Waals surface area contributed by atoms with Gasteiger partial charge in [0.15, 0.2) is 11.6 Å². The molecule has 5 heteroatoms. The van der Waals surface area contributed by atoms with E-state index in [4.69, 9.17) is 26.8 Å². The monoisotopic (exact) mass is 295 g/mol. The zero-order valence-corrected chi connectivity index (χ0v) is 11.7. The van der Waals surface area contributed by atoms with Gasteiger partial charge in [-0.2, -0.15) is 0 Å². The maximum absolute atomic E-state index is 13.8. The lowest BCUT2D eigenvalue weighted by atomic mass is 10.1. The van der Waals surface area contributed by atoms with E-state index in [0.29, 0.717) is 0 Å². The first-order valence-corrected chi connectivity index (χ1v) is 6.48. The fraction of sp³-hybridized carbons (Fsp3) is 0.200. The van der Waals surface area contributed by atoms with Gasteiger partial charge in [0.05, 0.1) is 12.1 Å². The van der Waals surface area contributed by atoms with Crippen LogP contribution in [0.5, 0.6) is 11.5 Å². The van der Waals surface area contributed by atoms with Crippen molar-refractivity contribution in [2.45, 2.75) is 6.10 Å². The molecule has 0 aromatic heterocycles. The summed E-state index contributed by atoms with van der Waals surface area (Å²) < 4.78 is 24.5. The van der Waals surface area contributed by atoms with E-state index >= 15 is 0 Å². The molecule has 0 aliphatic rings. The van der Waals surface area contributed by atoms with Gasteiger partial charge in [-0.3, -0.25) is 0 Å². The van der Waals surface area contributed by atoms with Crippen LogP contribution in [0.3, 0.4) is 0 Å². The number of rotatable bonds is 5. The Morgan fingerprint density at radius 3 is 2.50 bits per heavy atom. The van der Waals surface area contributed by atoms with E-state index in [-0.39, 0.29) is 17.3 Å². The standard InChI is InChI=1S/C15H15ClFNO2/c1-19-11-7-5-10(6-8-11)14(9-18)20-13-4-2-3-12(16)15(13)17/h2-8,14H,9,18H2,1H3. The fourth-order valence-electron chi connectivity index (χ4n) is 1.80. The molecule has 2 aromatic rings. The van der Waals surface area contributed by atoms with Gasteiger partial charge in [0, 0.05) is 6.54 Å². The van der Waals surface area contributed by atoms with E-state index in [0.717, 1.165) is 11.3 Å². The van der Waals surface area contributed by atoms with E-state index in [1.807, 2.05) is 12.1 Å². The molecule has 2 rings (SSSR count). The lowest BCUT2D eigenvalue weighted by Crippen LogP contribution is -2.18. The molecule has 0 saturated carbocycles. The van der Waals surface area contributed by atoms with Crippen molar-refractivity contribution in [1.82, 2.24) is 0 Å². The lowest BCUT2D eigenvalue weighted by Gasteiger charge is -2.18. The van der Waals surface area contributed by atoms with Crippen LogP contribution in [-0.2, 0) is 0 Å². The van der Waals surface area contributed by atoms with Crippen LogP contribution < -0.4 is 15.2 Å². The molecule has 106 valence electrons. The van der Waals surface area contributed by atoms with Crippen molar-refractivity contribution < 1.29 is 13.9 Å². The first kappa shape index (κ1) is 14.6. The molecule has 20 heavy (non-hydrogen) atoms. The maximum Gasteiger partial charge on any atom is 0.183 e. The minimum atomic E-state index is -0.582. The Hall–Kier alpha value is -1.78. The molecule has 3 nitrogen and oxygen atoms in total. The van der Waals surface area contributed by atoms with Crippen molar-refractivity contribution in [1.29, 1.82) is 0 Å². The predicted octanol–water partition coefficient (Wildman–Crippen LogP) is 3.57. The lowest BCUT2D eigenvalue weighted by molar-refractivity contribution is 0.204. The van der Waals surface area contributed by atoms with Crippen LogP contribution in [0, 0.1) is 5.82 Å². The Morgan fingerprint density at radius 1 is 1.20 bits per heavy atom. The Bertz CT molecular complexity index is 575. The molecule has 1 atom stereocenters. The van der Waals surface area contributed by atoms with Gasteiger partial charge in [0.2, 0.25) is 0 Å². The quantitative estimate of drug-likeness (QED) is 0.917. The number of hydrogen-bond donors (Lipinski definition) is 1. The Balaban J connectivity index is 2.21. The zero-order valence-electron chi connectivity index (χ0n) is 11.0. The molecule has 0 aliphatic carbocycles. The molecule has 0 bridgehead atoms. The molecule has 2 N–H and O–H groups in total. The smallest absolute Gasteiger partial charge is 0.183 e. The minimum absolute atomic E-state index is 0.0213. The summed E-state index contributed by atoms with van der Waals surface area (Å²) in [6.45, 7) is 0.221. The Labute approximate surface area is 122 Å². The maximum atomic E-state index is 13.8. The highest BCUT2D eigenvalue weighted by atomic mass is 35.5. The molecule has 2 aromatic carbocycles. The van der Waals surface area contributed by atoms with Crippen LogP contribution in [0.4, 0.5) is 4.39 Å². The molecule has 0 saturated heterocycles. The van der Waals surface area contributed by atoms with Crippen molar-refractivity contribution in [3.05, 3.63) is 58.9 Å². The van der Waals surface area contributed by atoms with Crippen LogP contribution >= 0.6 is 11.6 Å². The highest BCUT2D eigenvalue weighted by molar-refractivity contribution is 6.30. The van der Waals surface area contributed by atoms with Crippen LogP contribution in [-0.4, -0.2) is 13.7 Å². The number of methoxy groups -OCH3 is 1. The van der Waals surface area contributed by atoms with Crippen molar-refractivity contribution >= 4 is 11.6 Å². The van der Waals surface area contributed by atoms with E-state index in [2.05, 4.69) is 0 Å². The van der Waals surface area contributed by atoms with Crippen LogP contribution in [0.2, 0.25) is 5.02 Å². The summed E-state index contributed by atoms with van der Waals surface area (Å²) in [5.41, 5.74) is 6.54. The van der Waals surface area contributed by atoms with Gasteiger partial charge in [0.1, 0.15) is 11.9 Å². The van der Waals surface area contributed by atoms with Gasteiger partial charge >= 0.3 is 0 Å². The van der Waals surface area contributed by atoms with Gasteiger partial charge in [-0.15, -0.1) is 0 Å². The summed E-state index contributed by atoms with van der Waals surface area (Å²) in [4.78, 5) is 0. The molecule has 0 amide bonds. The van der Waals surface area contributed by atoms with Crippen LogP contribution in [0.1, 0.15) is 11.7 Å². The normalized spacial score (nSPS) is 12.0. The Kier molecular flexibility index (Phi) is 4.82. The molecule has 0 fully saturated rings. The van der Waals surface area contributed by atoms with Crippen molar-refractivity contribution in [2.75, 3.05) is 13.7 Å². The molecule has 0 spiro atoms. The SMILES string of the molecule is COc1ccc(C(CN)Oc2cccc(Cl)c2F)cc1. The van der Waals surface area contributed by atoms with Gasteiger partial charge in [-0.05, 0) is 29.8 Å². The number of nitrogens with two attached hydrogens (primary N) is 1. The topological polar surface area (TPSA) is 44.5 Å². The zero-order chi connectivity index (χ0) is 14.5. The molecular weight excluding hydrogens is 281 g/mol. The first-order valence-electron chi connectivity index (χ1n) is 6.10. The van der Waals surface area contributed by atoms with E-state index in [1.54, 1.807) is 25.3 Å². The van der Waals surface area contributed by atoms with Gasteiger partial charge in [-0.25, -0.2) is 4.39 Å². The first-order chi connectivity index (χ1) is 9.65. The average molecular weight is 296 g/mol. The Morgan fingerprint density at radius 2 is 1.90 bits per heavy atom. The molecular formula is C15H15ClFNO2. The summed E-state index contributed by atoms with van der Waals surface area (Å²) in [5, 5.41) is 0.0213. The number of ether oxygens (including phenoxy) is 2. The van der Waals surface area contributed by atoms with E-state index in [1.165, 1.54) is 12.1 Å². The van der Waals surface area contributed by atoms with Gasteiger partial charge in [-0.1, -0.05) is 29.8 Å². The largest absolute Gasteiger partial charge is 0.497 e. The molecule has 0 radical (unpaired) electrons. The second-order valence-corrected chi connectivity index (χ2v) is 4.57. The van der Waals surface area contributed by atoms with Gasteiger partial charge in [0.25, 0.3) is 0 Å². The van der Waals surface area contributed by atoms with Crippen LogP contribution in [0.25, 0.3) is 0 Å². The van der Waals surface area contributed by atoms with Crippen molar-refractivity contribution in [3.63, 3.8) is 0 Å². The van der Waals surface area contributed by atoms with Crippen LogP contribution in [0.15, 0.2) is 42.5 Å². The second kappa shape index (κ2) is 6.59. The second-order valence-electron chi connectivity index (χ2n) is 4.17. The molecule has 0 heterocycles. The van der Waals surface area contributed by atoms with E-state index in [9.17, 15) is 4.39 Å². The third-order valence-electron chi connectivity index (χ3n) is 2.89. The van der Waals surface area contributed by atoms with Crippen molar-refractivity contribution in [2.24, 2.45) is 5.73 Å². The molecule has 0 aliphatic heterocycles. The summed E-state index contributed by atoms with van der Waals surface area (Å²) in [6, 6.07) is 11.9. The van der Waals surface area contributed by atoms with Crippen molar-refractivity contribution in [3.8, 4) is 11.5 Å². The highest BCUT2D eigenvalue weighted by Gasteiger charge is 2.15. The summed E-state index contributed by atoms with van der Waals surface area (Å²) in [5.74, 6) is 0.239.